The third-order valence-electron chi connectivity index (χ3n) is 2.75. The number of hydrogen-bond acceptors (Lipinski definition) is 4. The fraction of sp³-hybridized carbons (Fsp3) is 0.500. The number of non-ortho nitro benzene ring substituents is 1. The van der Waals surface area contributed by atoms with Crippen LogP contribution < -0.4 is 5.32 Å². The highest BCUT2D eigenvalue weighted by molar-refractivity contribution is 8.00. The lowest BCUT2D eigenvalue weighted by molar-refractivity contribution is -0.384. The first-order valence-electron chi connectivity index (χ1n) is 6.59. The molecule has 0 aromatic heterocycles. The van der Waals surface area contributed by atoms with E-state index in [1.807, 2.05) is 6.92 Å². The van der Waals surface area contributed by atoms with Crippen molar-refractivity contribution in [2.75, 3.05) is 6.54 Å². The number of thioether (sulfide) groups is 1. The summed E-state index contributed by atoms with van der Waals surface area (Å²) in [5.41, 5.74) is 0.0587. The molecule has 1 aromatic rings. The molecule has 1 aromatic carbocycles. The van der Waals surface area contributed by atoms with Gasteiger partial charge in [0.15, 0.2) is 0 Å². The first kappa shape index (κ1) is 16.5. The van der Waals surface area contributed by atoms with Crippen LogP contribution in [0, 0.1) is 16.0 Å². The molecule has 1 amide bonds. The van der Waals surface area contributed by atoms with Crippen molar-refractivity contribution in [3.05, 3.63) is 34.4 Å². The van der Waals surface area contributed by atoms with Crippen LogP contribution >= 0.6 is 11.8 Å². The molecule has 0 aliphatic rings. The van der Waals surface area contributed by atoms with E-state index in [4.69, 9.17) is 0 Å². The average molecular weight is 296 g/mol. The van der Waals surface area contributed by atoms with Crippen LogP contribution in [0.3, 0.4) is 0 Å². The first-order valence-corrected chi connectivity index (χ1v) is 7.47. The van der Waals surface area contributed by atoms with Crippen molar-refractivity contribution in [2.24, 2.45) is 5.92 Å². The standard InChI is InChI=1S/C14H20N2O3S/c1-10(2)8-9-15-14(17)11(3)20-13-6-4-12(5-7-13)16(18)19/h4-7,10-11H,8-9H2,1-3H3,(H,15,17). The number of carbonyl (C=O) groups excluding carboxylic acids is 1. The predicted molar refractivity (Wildman–Crippen MR) is 80.9 cm³/mol. The molecule has 1 rings (SSSR count). The summed E-state index contributed by atoms with van der Waals surface area (Å²) in [6, 6.07) is 6.23. The molecule has 110 valence electrons. The van der Waals surface area contributed by atoms with Gasteiger partial charge in [0.05, 0.1) is 10.2 Å². The van der Waals surface area contributed by atoms with Crippen molar-refractivity contribution in [3.63, 3.8) is 0 Å². The highest BCUT2D eigenvalue weighted by atomic mass is 32.2. The van der Waals surface area contributed by atoms with Gasteiger partial charge in [-0.25, -0.2) is 0 Å². The lowest BCUT2D eigenvalue weighted by atomic mass is 10.1. The molecule has 0 heterocycles. The van der Waals surface area contributed by atoms with Gasteiger partial charge in [0.25, 0.3) is 5.69 Å². The van der Waals surface area contributed by atoms with E-state index in [0.29, 0.717) is 12.5 Å². The van der Waals surface area contributed by atoms with Crippen LogP contribution in [0.4, 0.5) is 5.69 Å². The molecule has 1 atom stereocenters. The Labute approximate surface area is 123 Å². The van der Waals surface area contributed by atoms with Crippen molar-refractivity contribution in [2.45, 2.75) is 37.3 Å². The third-order valence-corrected chi connectivity index (χ3v) is 3.86. The molecule has 0 saturated carbocycles. The van der Waals surface area contributed by atoms with Gasteiger partial charge in [-0.05, 0) is 31.4 Å². The third kappa shape index (κ3) is 5.61. The van der Waals surface area contributed by atoms with Gasteiger partial charge in [-0.2, -0.15) is 0 Å². The number of nitrogens with one attached hydrogen (secondary N) is 1. The number of nitro groups is 1. The summed E-state index contributed by atoms with van der Waals surface area (Å²) >= 11 is 1.40. The summed E-state index contributed by atoms with van der Waals surface area (Å²) < 4.78 is 0. The van der Waals surface area contributed by atoms with Gasteiger partial charge < -0.3 is 5.32 Å². The van der Waals surface area contributed by atoms with Gasteiger partial charge in [-0.15, -0.1) is 11.8 Å². The summed E-state index contributed by atoms with van der Waals surface area (Å²) in [4.78, 5) is 22.8. The molecule has 0 aliphatic heterocycles. The van der Waals surface area contributed by atoms with Crippen molar-refractivity contribution < 1.29 is 9.72 Å². The lowest BCUT2D eigenvalue weighted by Crippen LogP contribution is -2.32. The van der Waals surface area contributed by atoms with Crippen molar-refractivity contribution in [1.82, 2.24) is 5.32 Å². The number of nitro benzene ring substituents is 1. The van der Waals surface area contributed by atoms with E-state index in [1.54, 1.807) is 12.1 Å². The molecule has 0 bridgehead atoms. The number of amides is 1. The largest absolute Gasteiger partial charge is 0.355 e. The molecule has 1 unspecified atom stereocenters. The van der Waals surface area contributed by atoms with Crippen LogP contribution in [0.25, 0.3) is 0 Å². The van der Waals surface area contributed by atoms with Crippen molar-refractivity contribution >= 4 is 23.4 Å². The summed E-state index contributed by atoms with van der Waals surface area (Å²) in [7, 11) is 0. The second kappa shape index (κ2) is 7.89. The van der Waals surface area contributed by atoms with Gasteiger partial charge in [0, 0.05) is 23.6 Å². The second-order valence-electron chi connectivity index (χ2n) is 4.98. The number of benzene rings is 1. The molecule has 0 radical (unpaired) electrons. The van der Waals surface area contributed by atoms with E-state index in [-0.39, 0.29) is 16.8 Å². The van der Waals surface area contributed by atoms with Crippen LogP contribution in [0.15, 0.2) is 29.2 Å². The van der Waals surface area contributed by atoms with Gasteiger partial charge in [0.2, 0.25) is 5.91 Å². The van der Waals surface area contributed by atoms with Crippen molar-refractivity contribution in [1.29, 1.82) is 0 Å². The Morgan fingerprint density at radius 2 is 1.90 bits per heavy atom. The van der Waals surface area contributed by atoms with Gasteiger partial charge >= 0.3 is 0 Å². The zero-order valence-electron chi connectivity index (χ0n) is 12.0. The van der Waals surface area contributed by atoms with Crippen LogP contribution in [0.2, 0.25) is 0 Å². The average Bonchev–Trinajstić information content (AvgIpc) is 2.38. The molecule has 0 saturated heterocycles. The molecule has 0 fully saturated rings. The Hall–Kier alpha value is -1.56. The Balaban J connectivity index is 2.46. The summed E-state index contributed by atoms with van der Waals surface area (Å²) in [6.07, 6.45) is 0.959. The van der Waals surface area contributed by atoms with E-state index >= 15 is 0 Å². The Morgan fingerprint density at radius 1 is 1.30 bits per heavy atom. The maximum absolute atomic E-state index is 11.9. The smallest absolute Gasteiger partial charge is 0.269 e. The van der Waals surface area contributed by atoms with E-state index in [2.05, 4.69) is 19.2 Å². The monoisotopic (exact) mass is 296 g/mol. The van der Waals surface area contributed by atoms with Crippen LogP contribution in [0.1, 0.15) is 27.2 Å². The highest BCUT2D eigenvalue weighted by Crippen LogP contribution is 2.25. The minimum Gasteiger partial charge on any atom is -0.355 e. The second-order valence-corrected chi connectivity index (χ2v) is 6.40. The first-order chi connectivity index (χ1) is 9.40. The van der Waals surface area contributed by atoms with E-state index in [0.717, 1.165) is 11.3 Å². The van der Waals surface area contributed by atoms with Crippen LogP contribution in [-0.4, -0.2) is 22.6 Å². The van der Waals surface area contributed by atoms with E-state index in [9.17, 15) is 14.9 Å². The van der Waals surface area contributed by atoms with Crippen LogP contribution in [0.5, 0.6) is 0 Å². The fourth-order valence-corrected chi connectivity index (χ4v) is 2.42. The maximum atomic E-state index is 11.9. The SMILES string of the molecule is CC(C)CCNC(=O)C(C)Sc1ccc([N+](=O)[O-])cc1. The number of nitrogens with zero attached hydrogens (tertiary/aromatic N) is 1. The molecule has 6 heteroatoms. The van der Waals surface area contributed by atoms with Gasteiger partial charge in [0.1, 0.15) is 0 Å². The zero-order chi connectivity index (χ0) is 15.1. The zero-order valence-corrected chi connectivity index (χ0v) is 12.8. The van der Waals surface area contributed by atoms with Crippen molar-refractivity contribution in [3.8, 4) is 0 Å². The molecule has 0 spiro atoms. The van der Waals surface area contributed by atoms with Gasteiger partial charge in [-0.1, -0.05) is 13.8 Å². The molecule has 1 N–H and O–H groups in total. The fourth-order valence-electron chi connectivity index (χ4n) is 1.53. The summed E-state index contributed by atoms with van der Waals surface area (Å²) in [6.45, 7) is 6.74. The summed E-state index contributed by atoms with van der Waals surface area (Å²) in [5, 5.41) is 13.2. The maximum Gasteiger partial charge on any atom is 0.269 e. The number of hydrogen-bond donors (Lipinski definition) is 1. The normalized spacial score (nSPS) is 12.2. The quantitative estimate of drug-likeness (QED) is 0.476. The topological polar surface area (TPSA) is 72.2 Å². The lowest BCUT2D eigenvalue weighted by Gasteiger charge is -2.12. The molecule has 0 aliphatic carbocycles. The number of carbonyl (C=O) groups is 1. The molecule has 5 nitrogen and oxygen atoms in total. The predicted octanol–water partition coefficient (Wildman–Crippen LogP) is 3.24. The number of rotatable bonds is 7. The molecular formula is C14H20N2O3S. The van der Waals surface area contributed by atoms with E-state index in [1.165, 1.54) is 23.9 Å². The minimum absolute atomic E-state index is 0.00555. The molecule has 20 heavy (non-hydrogen) atoms. The Morgan fingerprint density at radius 3 is 2.40 bits per heavy atom. The van der Waals surface area contributed by atoms with E-state index < -0.39 is 4.92 Å². The minimum atomic E-state index is -0.434. The Kier molecular flexibility index (Phi) is 6.51. The highest BCUT2D eigenvalue weighted by Gasteiger charge is 2.14. The Bertz CT molecular complexity index is 460. The summed E-state index contributed by atoms with van der Waals surface area (Å²) in [5.74, 6) is 0.557. The van der Waals surface area contributed by atoms with Gasteiger partial charge in [-0.3, -0.25) is 14.9 Å². The van der Waals surface area contributed by atoms with Crippen LogP contribution in [-0.2, 0) is 4.79 Å². The molecular weight excluding hydrogens is 276 g/mol.